The molecule has 0 aliphatic carbocycles. The number of hydrogen-bond acceptors (Lipinski definition) is 4. The number of benzene rings is 1. The van der Waals surface area contributed by atoms with Crippen LogP contribution in [0.1, 0.15) is 18.0 Å². The number of nitrogens with zero attached hydrogens (tertiary/aromatic N) is 3. The van der Waals surface area contributed by atoms with E-state index in [4.69, 9.17) is 17.3 Å². The summed E-state index contributed by atoms with van der Waals surface area (Å²) in [6, 6.07) is 5.65. The van der Waals surface area contributed by atoms with Crippen LogP contribution in [0.5, 0.6) is 0 Å². The predicted octanol–water partition coefficient (Wildman–Crippen LogP) is 3.37. The second-order valence-corrected chi connectivity index (χ2v) is 5.76. The van der Waals surface area contributed by atoms with Crippen LogP contribution in [0, 0.1) is 0 Å². The molecule has 0 aliphatic rings. The van der Waals surface area contributed by atoms with Gasteiger partial charge in [0, 0.05) is 12.4 Å². The van der Waals surface area contributed by atoms with Crippen LogP contribution in [-0.4, -0.2) is 14.5 Å². The molecule has 1 unspecified atom stereocenters. The second-order valence-electron chi connectivity index (χ2n) is 4.46. The Kier molecular flexibility index (Phi) is 3.05. The van der Waals surface area contributed by atoms with Crippen molar-refractivity contribution >= 4 is 34.0 Å². The third-order valence-electron chi connectivity index (χ3n) is 2.99. The summed E-state index contributed by atoms with van der Waals surface area (Å²) in [5.41, 5.74) is 8.48. The number of aromatic nitrogens is 3. The number of para-hydroxylation sites is 1. The van der Waals surface area contributed by atoms with Crippen molar-refractivity contribution in [3.63, 3.8) is 0 Å². The van der Waals surface area contributed by atoms with E-state index in [0.717, 1.165) is 27.6 Å². The van der Waals surface area contributed by atoms with Crippen LogP contribution in [0.15, 0.2) is 23.6 Å². The van der Waals surface area contributed by atoms with Crippen LogP contribution in [0.25, 0.3) is 22.6 Å². The van der Waals surface area contributed by atoms with Gasteiger partial charge < -0.3 is 10.3 Å². The molecule has 19 heavy (non-hydrogen) atoms. The third-order valence-corrected chi connectivity index (χ3v) is 4.34. The fraction of sp³-hybridized carbons (Fsp3) is 0.231. The van der Waals surface area contributed by atoms with E-state index in [1.54, 1.807) is 11.3 Å². The van der Waals surface area contributed by atoms with E-state index in [9.17, 15) is 0 Å². The van der Waals surface area contributed by atoms with E-state index >= 15 is 0 Å². The highest BCUT2D eigenvalue weighted by Crippen LogP contribution is 2.29. The maximum atomic E-state index is 6.22. The fourth-order valence-electron chi connectivity index (χ4n) is 2.05. The van der Waals surface area contributed by atoms with E-state index in [2.05, 4.69) is 9.97 Å². The number of imidazole rings is 1. The topological polar surface area (TPSA) is 56.7 Å². The number of aryl methyl sites for hydroxylation is 1. The van der Waals surface area contributed by atoms with Gasteiger partial charge in [0.25, 0.3) is 0 Å². The molecular weight excluding hydrogens is 280 g/mol. The molecular formula is C13H13ClN4S. The molecule has 0 spiro atoms. The first-order valence-corrected chi connectivity index (χ1v) is 7.16. The van der Waals surface area contributed by atoms with Crippen molar-refractivity contribution in [3.8, 4) is 11.5 Å². The zero-order valence-corrected chi connectivity index (χ0v) is 12.2. The van der Waals surface area contributed by atoms with Crippen molar-refractivity contribution < 1.29 is 0 Å². The largest absolute Gasteiger partial charge is 0.325 e. The quantitative estimate of drug-likeness (QED) is 0.788. The van der Waals surface area contributed by atoms with Crippen molar-refractivity contribution in [2.24, 2.45) is 12.8 Å². The van der Waals surface area contributed by atoms with Crippen molar-refractivity contribution in [2.75, 3.05) is 0 Å². The molecule has 98 valence electrons. The molecule has 0 bridgehead atoms. The maximum Gasteiger partial charge on any atom is 0.160 e. The van der Waals surface area contributed by atoms with E-state index < -0.39 is 0 Å². The number of rotatable bonds is 2. The molecule has 0 amide bonds. The lowest BCUT2D eigenvalue weighted by molar-refractivity contribution is 0.806. The fourth-order valence-corrected chi connectivity index (χ4v) is 3.10. The molecule has 2 N–H and O–H groups in total. The Bertz CT molecular complexity index is 744. The van der Waals surface area contributed by atoms with Crippen LogP contribution in [0.4, 0.5) is 0 Å². The summed E-state index contributed by atoms with van der Waals surface area (Å²) in [6.07, 6.45) is 0. The summed E-state index contributed by atoms with van der Waals surface area (Å²) in [4.78, 5) is 9.13. The molecule has 0 aliphatic heterocycles. The lowest BCUT2D eigenvalue weighted by Gasteiger charge is -2.00. The molecule has 0 saturated carbocycles. The molecule has 1 atom stereocenters. The Morgan fingerprint density at radius 3 is 2.79 bits per heavy atom. The highest BCUT2D eigenvalue weighted by Gasteiger charge is 2.15. The van der Waals surface area contributed by atoms with Gasteiger partial charge in [-0.15, -0.1) is 11.3 Å². The molecule has 2 aromatic heterocycles. The first kappa shape index (κ1) is 12.6. The van der Waals surface area contributed by atoms with Crippen molar-refractivity contribution in [1.29, 1.82) is 0 Å². The number of halogens is 1. The summed E-state index contributed by atoms with van der Waals surface area (Å²) >= 11 is 7.77. The molecule has 3 aromatic rings. The first-order valence-electron chi connectivity index (χ1n) is 5.90. The summed E-state index contributed by atoms with van der Waals surface area (Å²) < 4.78 is 1.97. The lowest BCUT2D eigenvalue weighted by Crippen LogP contribution is -2.04. The molecule has 1 aromatic carbocycles. The molecule has 0 fully saturated rings. The zero-order valence-electron chi connectivity index (χ0n) is 10.6. The third kappa shape index (κ3) is 2.04. The molecule has 0 radical (unpaired) electrons. The zero-order chi connectivity index (χ0) is 13.6. The minimum atomic E-state index is -0.0583. The highest BCUT2D eigenvalue weighted by molar-refractivity contribution is 7.10. The Hall–Kier alpha value is -1.43. The van der Waals surface area contributed by atoms with Crippen LogP contribution in [0.3, 0.4) is 0 Å². The van der Waals surface area contributed by atoms with E-state index in [1.807, 2.05) is 42.1 Å². The highest BCUT2D eigenvalue weighted by atomic mass is 35.5. The summed E-state index contributed by atoms with van der Waals surface area (Å²) in [6.45, 7) is 1.93. The molecule has 4 nitrogen and oxygen atoms in total. The Balaban J connectivity index is 2.19. The minimum Gasteiger partial charge on any atom is -0.325 e. The maximum absolute atomic E-state index is 6.22. The summed E-state index contributed by atoms with van der Waals surface area (Å²) in [5, 5.41) is 3.59. The number of hydrogen-bond donors (Lipinski definition) is 1. The number of nitrogens with two attached hydrogens (primary N) is 1. The Morgan fingerprint density at radius 1 is 1.37 bits per heavy atom. The number of fused-ring (bicyclic) bond motifs is 1. The van der Waals surface area contributed by atoms with Crippen LogP contribution in [0.2, 0.25) is 5.02 Å². The van der Waals surface area contributed by atoms with Gasteiger partial charge >= 0.3 is 0 Å². The van der Waals surface area contributed by atoms with Gasteiger partial charge in [0.1, 0.15) is 10.7 Å². The standard InChI is InChI=1S/C13H13ClN4S/c1-7(15)13-17-10(6-19-13)12-16-9-5-3-4-8(14)11(9)18(12)2/h3-7H,15H2,1-2H3. The normalized spacial score (nSPS) is 13.1. The Morgan fingerprint density at radius 2 is 2.16 bits per heavy atom. The van der Waals surface area contributed by atoms with Crippen molar-refractivity contribution in [3.05, 3.63) is 33.6 Å². The van der Waals surface area contributed by atoms with Gasteiger partial charge in [0.15, 0.2) is 5.82 Å². The predicted molar refractivity (Wildman–Crippen MR) is 79.4 cm³/mol. The summed E-state index contributed by atoms with van der Waals surface area (Å²) in [5.74, 6) is 0.811. The van der Waals surface area contributed by atoms with E-state index in [-0.39, 0.29) is 6.04 Å². The molecule has 3 rings (SSSR count). The van der Waals surface area contributed by atoms with Gasteiger partial charge in [0.05, 0.1) is 22.1 Å². The van der Waals surface area contributed by atoms with Gasteiger partial charge in [-0.3, -0.25) is 0 Å². The van der Waals surface area contributed by atoms with Crippen molar-refractivity contribution in [1.82, 2.24) is 14.5 Å². The summed E-state index contributed by atoms with van der Waals surface area (Å²) in [7, 11) is 1.95. The minimum absolute atomic E-state index is 0.0583. The molecule has 0 saturated heterocycles. The van der Waals surface area contributed by atoms with E-state index in [1.165, 1.54) is 0 Å². The van der Waals surface area contributed by atoms with Crippen molar-refractivity contribution in [2.45, 2.75) is 13.0 Å². The van der Waals surface area contributed by atoms with Gasteiger partial charge in [-0.2, -0.15) is 0 Å². The van der Waals surface area contributed by atoms with Gasteiger partial charge in [-0.05, 0) is 19.1 Å². The van der Waals surface area contributed by atoms with Crippen LogP contribution < -0.4 is 5.73 Å². The SMILES string of the molecule is CC(N)c1nc(-c2nc3cccc(Cl)c3n2C)cs1. The second kappa shape index (κ2) is 4.59. The van der Waals surface area contributed by atoms with Gasteiger partial charge in [-0.1, -0.05) is 17.7 Å². The average molecular weight is 293 g/mol. The van der Waals surface area contributed by atoms with Crippen LogP contribution in [-0.2, 0) is 7.05 Å². The smallest absolute Gasteiger partial charge is 0.160 e. The van der Waals surface area contributed by atoms with Gasteiger partial charge in [-0.25, -0.2) is 9.97 Å². The molecule has 2 heterocycles. The average Bonchev–Trinajstić information content (AvgIpc) is 2.95. The molecule has 6 heteroatoms. The lowest BCUT2D eigenvalue weighted by atomic mass is 10.3. The van der Waals surface area contributed by atoms with Crippen LogP contribution >= 0.6 is 22.9 Å². The first-order chi connectivity index (χ1) is 9.08. The van der Waals surface area contributed by atoms with E-state index in [0.29, 0.717) is 5.02 Å². The Labute approximate surface area is 119 Å². The monoisotopic (exact) mass is 292 g/mol. The van der Waals surface area contributed by atoms with Gasteiger partial charge in [0.2, 0.25) is 0 Å². The number of thiazole rings is 1.